The fourth-order valence-electron chi connectivity index (χ4n) is 1.72. The highest BCUT2D eigenvalue weighted by atomic mass is 16.5. The summed E-state index contributed by atoms with van der Waals surface area (Å²) in [5.74, 6) is 0.190. The van der Waals surface area contributed by atoms with E-state index in [1.54, 1.807) is 30.5 Å². The molecule has 0 aliphatic rings. The number of nitrogens with zero attached hydrogens (tertiary/aromatic N) is 3. The molecule has 20 heavy (non-hydrogen) atoms. The third-order valence-electron chi connectivity index (χ3n) is 2.84. The van der Waals surface area contributed by atoms with Crippen molar-refractivity contribution in [3.8, 4) is 5.88 Å². The molecular formula is C15H17N3O2. The number of rotatable bonds is 4. The number of ether oxygens (including phenoxy) is 1. The van der Waals surface area contributed by atoms with Crippen LogP contribution in [0.3, 0.4) is 0 Å². The molecule has 0 fully saturated rings. The summed E-state index contributed by atoms with van der Waals surface area (Å²) in [6.45, 7) is 0. The molecular weight excluding hydrogens is 254 g/mol. The van der Waals surface area contributed by atoms with Gasteiger partial charge in [-0.1, -0.05) is 12.1 Å². The first-order valence-corrected chi connectivity index (χ1v) is 6.20. The van der Waals surface area contributed by atoms with E-state index in [4.69, 9.17) is 4.74 Å². The van der Waals surface area contributed by atoms with Crippen LogP contribution in [0.25, 0.3) is 0 Å². The first-order chi connectivity index (χ1) is 9.61. The van der Waals surface area contributed by atoms with Crippen LogP contribution in [-0.2, 0) is 0 Å². The maximum Gasteiger partial charge on any atom is 0.398 e. The van der Waals surface area contributed by atoms with Crippen molar-refractivity contribution in [1.82, 2.24) is 0 Å². The van der Waals surface area contributed by atoms with Gasteiger partial charge in [0.2, 0.25) is 6.20 Å². The Morgan fingerprint density at radius 3 is 2.45 bits per heavy atom. The normalized spacial score (nSPS) is 11.2. The first-order valence-electron chi connectivity index (χ1n) is 6.20. The Labute approximate surface area is 118 Å². The Balaban J connectivity index is 2.30. The van der Waals surface area contributed by atoms with Crippen molar-refractivity contribution in [2.24, 2.45) is 5.10 Å². The van der Waals surface area contributed by atoms with Crippen molar-refractivity contribution in [3.05, 3.63) is 54.2 Å². The highest BCUT2D eigenvalue weighted by Crippen LogP contribution is 2.11. The molecule has 2 rings (SSSR count). The van der Waals surface area contributed by atoms with Crippen LogP contribution in [-0.4, -0.2) is 27.1 Å². The van der Waals surface area contributed by atoms with Crippen molar-refractivity contribution in [2.45, 2.75) is 0 Å². The summed E-state index contributed by atoms with van der Waals surface area (Å²) in [5.41, 5.74) is 1.57. The molecule has 5 nitrogen and oxygen atoms in total. The van der Waals surface area contributed by atoms with E-state index in [0.717, 1.165) is 5.69 Å². The van der Waals surface area contributed by atoms with E-state index in [1.165, 1.54) is 11.8 Å². The Hall–Kier alpha value is -2.56. The lowest BCUT2D eigenvalue weighted by molar-refractivity contribution is -0.686. The number of hydrogen-bond donors (Lipinski definition) is 0. The van der Waals surface area contributed by atoms with Gasteiger partial charge >= 0.3 is 5.88 Å². The molecule has 2 aromatic rings. The summed E-state index contributed by atoms with van der Waals surface area (Å²) in [5, 5.41) is 16.1. The van der Waals surface area contributed by atoms with E-state index in [2.05, 4.69) is 5.10 Å². The molecule has 0 aliphatic heterocycles. The first kappa shape index (κ1) is 13.9. The summed E-state index contributed by atoms with van der Waals surface area (Å²) in [4.78, 5) is 1.97. The van der Waals surface area contributed by atoms with Crippen LogP contribution in [0, 0.1) is 0 Å². The molecule has 0 aliphatic carbocycles. The van der Waals surface area contributed by atoms with Gasteiger partial charge in [0.05, 0.1) is 19.1 Å². The van der Waals surface area contributed by atoms with Gasteiger partial charge in [0.15, 0.2) is 0 Å². The summed E-state index contributed by atoms with van der Waals surface area (Å²) in [7, 11) is 5.44. The van der Waals surface area contributed by atoms with E-state index in [-0.39, 0.29) is 5.90 Å². The number of anilines is 1. The standard InChI is InChI=1S/C15H17N3O2/c1-17(2)13-9-7-12(8-10-13)15(19)16-18-11-5-4-6-14(18)20-3/h4-11H,1-3H3. The summed E-state index contributed by atoms with van der Waals surface area (Å²) < 4.78 is 6.56. The lowest BCUT2D eigenvalue weighted by atomic mass is 10.2. The highest BCUT2D eigenvalue weighted by molar-refractivity contribution is 5.90. The predicted molar refractivity (Wildman–Crippen MR) is 75.9 cm³/mol. The molecule has 1 aromatic carbocycles. The molecule has 0 saturated heterocycles. The Morgan fingerprint density at radius 2 is 1.85 bits per heavy atom. The smallest absolute Gasteiger partial charge is 0.398 e. The van der Waals surface area contributed by atoms with E-state index in [0.29, 0.717) is 11.4 Å². The van der Waals surface area contributed by atoms with E-state index in [9.17, 15) is 5.11 Å². The molecule has 104 valence electrons. The van der Waals surface area contributed by atoms with Gasteiger partial charge in [-0.15, -0.1) is 0 Å². The lowest BCUT2D eigenvalue weighted by Crippen LogP contribution is -2.35. The quantitative estimate of drug-likeness (QED) is 0.465. The van der Waals surface area contributed by atoms with Crippen LogP contribution in [0.4, 0.5) is 5.69 Å². The average molecular weight is 271 g/mol. The molecule has 0 spiro atoms. The van der Waals surface area contributed by atoms with Crippen molar-refractivity contribution in [2.75, 3.05) is 26.1 Å². The Bertz CT molecular complexity index is 607. The second kappa shape index (κ2) is 6.06. The van der Waals surface area contributed by atoms with Gasteiger partial charge < -0.3 is 14.7 Å². The number of aromatic nitrogens is 1. The number of benzene rings is 1. The minimum atomic E-state index is -0.315. The largest absolute Gasteiger partial charge is 0.854 e. The molecule has 0 radical (unpaired) electrons. The maximum absolute atomic E-state index is 12.1. The minimum Gasteiger partial charge on any atom is -0.854 e. The van der Waals surface area contributed by atoms with Crippen molar-refractivity contribution in [1.29, 1.82) is 0 Å². The van der Waals surface area contributed by atoms with Crippen LogP contribution in [0.2, 0.25) is 0 Å². The Kier molecular flexibility index (Phi) is 4.20. The van der Waals surface area contributed by atoms with Crippen LogP contribution < -0.4 is 19.4 Å². The lowest BCUT2D eigenvalue weighted by Gasteiger charge is -2.13. The van der Waals surface area contributed by atoms with Gasteiger partial charge in [0.25, 0.3) is 0 Å². The molecule has 0 unspecified atom stereocenters. The molecule has 0 bridgehead atoms. The van der Waals surface area contributed by atoms with Gasteiger partial charge in [-0.05, 0) is 33.5 Å². The average Bonchev–Trinajstić information content (AvgIpc) is 2.48. The van der Waals surface area contributed by atoms with E-state index in [1.807, 2.05) is 37.2 Å². The third-order valence-corrected chi connectivity index (χ3v) is 2.84. The molecule has 1 heterocycles. The van der Waals surface area contributed by atoms with Crippen LogP contribution in [0.15, 0.2) is 53.8 Å². The van der Waals surface area contributed by atoms with Crippen molar-refractivity contribution in [3.63, 3.8) is 0 Å². The molecule has 0 N–H and O–H groups in total. The SMILES string of the molecule is COc1cccc[n+]1/N=C(\[O-])c1ccc(N(C)C)cc1. The molecule has 0 saturated carbocycles. The molecule has 0 atom stereocenters. The predicted octanol–water partition coefficient (Wildman–Crippen LogP) is 0.619. The van der Waals surface area contributed by atoms with Gasteiger partial charge in [-0.3, -0.25) is 0 Å². The van der Waals surface area contributed by atoms with E-state index >= 15 is 0 Å². The third kappa shape index (κ3) is 3.06. The van der Waals surface area contributed by atoms with Crippen LogP contribution in [0.5, 0.6) is 5.88 Å². The van der Waals surface area contributed by atoms with Gasteiger partial charge in [0.1, 0.15) is 0 Å². The second-order valence-corrected chi connectivity index (χ2v) is 4.43. The number of hydrogen-bond acceptors (Lipinski definition) is 4. The van der Waals surface area contributed by atoms with Gasteiger partial charge in [-0.2, -0.15) is 0 Å². The van der Waals surface area contributed by atoms with Crippen LogP contribution >= 0.6 is 0 Å². The maximum atomic E-state index is 12.1. The Morgan fingerprint density at radius 1 is 1.15 bits per heavy atom. The fraction of sp³-hybridized carbons (Fsp3) is 0.200. The summed E-state index contributed by atoms with van der Waals surface area (Å²) in [6, 6.07) is 12.6. The summed E-state index contributed by atoms with van der Waals surface area (Å²) in [6.07, 6.45) is 1.67. The number of pyridine rings is 1. The zero-order valence-electron chi connectivity index (χ0n) is 11.8. The molecule has 5 heteroatoms. The number of methoxy groups -OCH3 is 1. The molecule has 0 amide bonds. The zero-order chi connectivity index (χ0) is 14.5. The second-order valence-electron chi connectivity index (χ2n) is 4.43. The highest BCUT2D eigenvalue weighted by Gasteiger charge is 2.08. The van der Waals surface area contributed by atoms with Crippen molar-refractivity contribution < 1.29 is 14.5 Å². The zero-order valence-corrected chi connectivity index (χ0v) is 11.8. The van der Waals surface area contributed by atoms with Crippen molar-refractivity contribution >= 4 is 11.6 Å². The van der Waals surface area contributed by atoms with Gasteiger partial charge in [-0.25, -0.2) is 0 Å². The van der Waals surface area contributed by atoms with E-state index < -0.39 is 0 Å². The van der Waals surface area contributed by atoms with Crippen LogP contribution in [0.1, 0.15) is 5.56 Å². The monoisotopic (exact) mass is 271 g/mol. The fourth-order valence-corrected chi connectivity index (χ4v) is 1.72. The topological polar surface area (TPSA) is 51.8 Å². The molecule has 1 aromatic heterocycles. The summed E-state index contributed by atoms with van der Waals surface area (Å²) >= 11 is 0. The van der Waals surface area contributed by atoms with Gasteiger partial charge in [0, 0.05) is 25.8 Å². The minimum absolute atomic E-state index is 0.315.